The summed E-state index contributed by atoms with van der Waals surface area (Å²) in [6.45, 7) is 11.5. The van der Waals surface area contributed by atoms with Gasteiger partial charge < -0.3 is 4.57 Å². The first kappa shape index (κ1) is 14.6. The molecule has 112 valence electrons. The van der Waals surface area contributed by atoms with E-state index in [4.69, 9.17) is 0 Å². The van der Waals surface area contributed by atoms with Gasteiger partial charge in [-0.25, -0.2) is 0 Å². The predicted octanol–water partition coefficient (Wildman–Crippen LogP) is 5.37. The van der Waals surface area contributed by atoms with Crippen LogP contribution in [0.15, 0.2) is 43.1 Å². The Morgan fingerprint density at radius 3 is 2.50 bits per heavy atom. The molecule has 0 fully saturated rings. The summed E-state index contributed by atoms with van der Waals surface area (Å²) in [5.41, 5.74) is 7.31. The number of benzene rings is 1. The van der Waals surface area contributed by atoms with E-state index in [1.54, 1.807) is 0 Å². The molecule has 0 unspecified atom stereocenters. The zero-order valence-corrected chi connectivity index (χ0v) is 13.6. The Bertz CT molecular complexity index is 823. The molecule has 22 heavy (non-hydrogen) atoms. The molecule has 0 aliphatic heterocycles. The van der Waals surface area contributed by atoms with Gasteiger partial charge in [0, 0.05) is 29.4 Å². The van der Waals surface area contributed by atoms with E-state index < -0.39 is 0 Å². The van der Waals surface area contributed by atoms with Crippen LogP contribution in [-0.2, 0) is 6.54 Å². The van der Waals surface area contributed by atoms with E-state index in [1.165, 1.54) is 22.2 Å². The third-order valence-corrected chi connectivity index (χ3v) is 4.41. The number of nitrogens with zero attached hydrogens (tertiary/aromatic N) is 2. The summed E-state index contributed by atoms with van der Waals surface area (Å²) in [5, 5.41) is 1.31. The molecular weight excluding hydrogens is 268 g/mol. The Morgan fingerprint density at radius 1 is 1.14 bits per heavy atom. The number of aryl methyl sites for hydroxylation is 2. The molecule has 0 radical (unpaired) electrons. The van der Waals surface area contributed by atoms with Gasteiger partial charge in [0.1, 0.15) is 0 Å². The number of fused-ring (bicyclic) bond motifs is 1. The quantitative estimate of drug-likeness (QED) is 0.631. The van der Waals surface area contributed by atoms with Crippen LogP contribution in [0.1, 0.15) is 30.2 Å². The third kappa shape index (κ3) is 2.25. The van der Waals surface area contributed by atoms with Crippen LogP contribution in [0.5, 0.6) is 0 Å². The molecule has 2 heteroatoms. The second-order valence-electron chi connectivity index (χ2n) is 5.74. The van der Waals surface area contributed by atoms with Crippen molar-refractivity contribution in [2.75, 3.05) is 0 Å². The van der Waals surface area contributed by atoms with Crippen molar-refractivity contribution in [3.63, 3.8) is 0 Å². The third-order valence-electron chi connectivity index (χ3n) is 4.41. The molecule has 3 aromatic rings. The molecule has 0 saturated heterocycles. The van der Waals surface area contributed by atoms with E-state index in [1.807, 2.05) is 12.3 Å². The van der Waals surface area contributed by atoms with Crippen molar-refractivity contribution in [2.45, 2.75) is 33.7 Å². The Kier molecular flexibility index (Phi) is 3.84. The van der Waals surface area contributed by atoms with Crippen LogP contribution in [0.2, 0.25) is 0 Å². The minimum atomic E-state index is 1.03. The molecule has 0 amide bonds. The van der Waals surface area contributed by atoms with Crippen molar-refractivity contribution in [1.82, 2.24) is 9.55 Å². The van der Waals surface area contributed by atoms with Crippen molar-refractivity contribution in [3.8, 4) is 11.3 Å². The summed E-state index contributed by atoms with van der Waals surface area (Å²) in [5.74, 6) is 0. The molecule has 0 aliphatic carbocycles. The Hall–Kier alpha value is -2.35. The Morgan fingerprint density at radius 2 is 1.86 bits per heavy atom. The SMILES string of the molecule is C=Cc1ccc(-c2nccc3c(C)c(C)n(CCC)c23)cc1. The first-order valence-corrected chi connectivity index (χ1v) is 7.84. The summed E-state index contributed by atoms with van der Waals surface area (Å²) in [6, 6.07) is 10.6. The van der Waals surface area contributed by atoms with Gasteiger partial charge >= 0.3 is 0 Å². The fraction of sp³-hybridized carbons (Fsp3) is 0.250. The normalized spacial score (nSPS) is 11.0. The van der Waals surface area contributed by atoms with Gasteiger partial charge in [0.15, 0.2) is 0 Å². The van der Waals surface area contributed by atoms with Crippen LogP contribution in [0.4, 0.5) is 0 Å². The number of rotatable bonds is 4. The lowest BCUT2D eigenvalue weighted by molar-refractivity contribution is 0.683. The summed E-state index contributed by atoms with van der Waals surface area (Å²) >= 11 is 0. The highest BCUT2D eigenvalue weighted by Gasteiger charge is 2.15. The molecule has 0 aliphatic rings. The Balaban J connectivity index is 2.28. The highest BCUT2D eigenvalue weighted by molar-refractivity contribution is 5.95. The van der Waals surface area contributed by atoms with Crippen LogP contribution in [0.25, 0.3) is 28.2 Å². The van der Waals surface area contributed by atoms with Gasteiger partial charge in [-0.2, -0.15) is 0 Å². The molecule has 2 aromatic heterocycles. The molecule has 0 saturated carbocycles. The van der Waals surface area contributed by atoms with Crippen molar-refractivity contribution in [3.05, 3.63) is 59.9 Å². The second-order valence-corrected chi connectivity index (χ2v) is 5.74. The van der Waals surface area contributed by atoms with E-state index in [0.29, 0.717) is 0 Å². The maximum atomic E-state index is 4.68. The molecular formula is C20H22N2. The number of aromatic nitrogens is 2. The molecule has 0 atom stereocenters. The van der Waals surface area contributed by atoms with E-state index in [0.717, 1.165) is 29.8 Å². The van der Waals surface area contributed by atoms with Crippen molar-refractivity contribution >= 4 is 17.0 Å². The molecule has 3 rings (SSSR count). The summed E-state index contributed by atoms with van der Waals surface area (Å²) < 4.78 is 2.41. The highest BCUT2D eigenvalue weighted by atomic mass is 15.0. The number of hydrogen-bond acceptors (Lipinski definition) is 1. The van der Waals surface area contributed by atoms with Crippen LogP contribution in [-0.4, -0.2) is 9.55 Å². The maximum absolute atomic E-state index is 4.68. The fourth-order valence-corrected chi connectivity index (χ4v) is 3.09. The smallest absolute Gasteiger partial charge is 0.0944 e. The molecule has 0 spiro atoms. The lowest BCUT2D eigenvalue weighted by atomic mass is 10.1. The van der Waals surface area contributed by atoms with E-state index >= 15 is 0 Å². The second kappa shape index (κ2) is 5.80. The average Bonchev–Trinajstić information content (AvgIpc) is 2.80. The van der Waals surface area contributed by atoms with Gasteiger partial charge in [0.05, 0.1) is 11.2 Å². The Labute approximate surface area is 132 Å². The zero-order valence-electron chi connectivity index (χ0n) is 13.6. The topological polar surface area (TPSA) is 17.8 Å². The van der Waals surface area contributed by atoms with Crippen molar-refractivity contribution in [1.29, 1.82) is 0 Å². The monoisotopic (exact) mass is 290 g/mol. The van der Waals surface area contributed by atoms with E-state index in [9.17, 15) is 0 Å². The van der Waals surface area contributed by atoms with Gasteiger partial charge in [-0.1, -0.05) is 43.8 Å². The molecule has 0 bridgehead atoms. The predicted molar refractivity (Wildman–Crippen MR) is 95.0 cm³/mol. The van der Waals surface area contributed by atoms with Crippen LogP contribution < -0.4 is 0 Å². The van der Waals surface area contributed by atoms with E-state index in [-0.39, 0.29) is 0 Å². The number of hydrogen-bond donors (Lipinski definition) is 0. The van der Waals surface area contributed by atoms with Crippen molar-refractivity contribution < 1.29 is 0 Å². The van der Waals surface area contributed by atoms with Gasteiger partial charge in [0.25, 0.3) is 0 Å². The van der Waals surface area contributed by atoms with Crippen LogP contribution in [0, 0.1) is 13.8 Å². The zero-order chi connectivity index (χ0) is 15.7. The molecule has 2 heterocycles. The first-order valence-electron chi connectivity index (χ1n) is 7.84. The van der Waals surface area contributed by atoms with Gasteiger partial charge in [-0.3, -0.25) is 4.98 Å². The maximum Gasteiger partial charge on any atom is 0.0944 e. The van der Waals surface area contributed by atoms with Crippen LogP contribution in [0.3, 0.4) is 0 Å². The summed E-state index contributed by atoms with van der Waals surface area (Å²) in [4.78, 5) is 4.68. The molecule has 0 N–H and O–H groups in total. The molecule has 1 aromatic carbocycles. The van der Waals surface area contributed by atoms with Gasteiger partial charge in [-0.05, 0) is 37.5 Å². The first-order chi connectivity index (χ1) is 10.7. The van der Waals surface area contributed by atoms with Crippen LogP contribution >= 0.6 is 0 Å². The average molecular weight is 290 g/mol. The van der Waals surface area contributed by atoms with Gasteiger partial charge in [0.2, 0.25) is 0 Å². The minimum Gasteiger partial charge on any atom is -0.343 e. The summed E-state index contributed by atoms with van der Waals surface area (Å²) in [7, 11) is 0. The standard InChI is InChI=1S/C20H22N2/c1-5-13-22-15(4)14(3)18-11-12-21-19(20(18)22)17-9-7-16(6-2)8-10-17/h6-12H,2,5,13H2,1,3-4H3. The highest BCUT2D eigenvalue weighted by Crippen LogP contribution is 2.32. The van der Waals surface area contributed by atoms with Gasteiger partial charge in [-0.15, -0.1) is 0 Å². The van der Waals surface area contributed by atoms with E-state index in [2.05, 4.69) is 67.2 Å². The summed E-state index contributed by atoms with van der Waals surface area (Å²) in [6.07, 6.45) is 4.90. The van der Waals surface area contributed by atoms with Crippen molar-refractivity contribution in [2.24, 2.45) is 0 Å². The lowest BCUT2D eigenvalue weighted by Gasteiger charge is -2.10. The largest absolute Gasteiger partial charge is 0.343 e. The molecule has 2 nitrogen and oxygen atoms in total. The lowest BCUT2D eigenvalue weighted by Crippen LogP contribution is -2.01. The fourth-order valence-electron chi connectivity index (χ4n) is 3.09. The number of pyridine rings is 1. The minimum absolute atomic E-state index is 1.03.